The van der Waals surface area contributed by atoms with Crippen molar-refractivity contribution < 1.29 is 9.72 Å². The molecule has 1 N–H and O–H groups in total. The standard InChI is InChI=1S/C11H14N2O3/c1-7-4-8(2)11(9(3)5-7)12-10(14)6-13(15)16/h4-5H,6H2,1-3H3,(H,12,14). The van der Waals surface area contributed by atoms with Gasteiger partial charge in [0.1, 0.15) is 0 Å². The van der Waals surface area contributed by atoms with Gasteiger partial charge in [0.05, 0.1) is 0 Å². The normalized spacial score (nSPS) is 9.94. The van der Waals surface area contributed by atoms with Crippen LogP contribution in [-0.4, -0.2) is 17.4 Å². The summed E-state index contributed by atoms with van der Waals surface area (Å²) in [7, 11) is 0. The van der Waals surface area contributed by atoms with Crippen LogP contribution in [-0.2, 0) is 4.79 Å². The van der Waals surface area contributed by atoms with Crippen LogP contribution in [0.15, 0.2) is 12.1 Å². The average Bonchev–Trinajstić information content (AvgIpc) is 2.09. The molecule has 0 spiro atoms. The van der Waals surface area contributed by atoms with E-state index in [-0.39, 0.29) is 0 Å². The quantitative estimate of drug-likeness (QED) is 0.626. The number of carbonyl (C=O) groups excluding carboxylic acids is 1. The second kappa shape index (κ2) is 4.74. The summed E-state index contributed by atoms with van der Waals surface area (Å²) >= 11 is 0. The summed E-state index contributed by atoms with van der Waals surface area (Å²) in [6.07, 6.45) is 0. The molecule has 0 aromatic heterocycles. The van der Waals surface area contributed by atoms with Crippen LogP contribution in [0.2, 0.25) is 0 Å². The van der Waals surface area contributed by atoms with E-state index in [9.17, 15) is 14.9 Å². The number of nitro groups is 1. The Bertz CT molecular complexity index is 418. The highest BCUT2D eigenvalue weighted by Crippen LogP contribution is 2.21. The summed E-state index contributed by atoms with van der Waals surface area (Å²) in [5, 5.41) is 12.7. The molecule has 1 amide bonds. The molecule has 0 heterocycles. The maximum absolute atomic E-state index is 11.3. The Balaban J connectivity index is 2.89. The second-order valence-electron chi connectivity index (χ2n) is 3.81. The molecule has 1 aromatic carbocycles. The molecular weight excluding hydrogens is 208 g/mol. The number of carbonyl (C=O) groups is 1. The Morgan fingerprint density at radius 1 is 1.31 bits per heavy atom. The number of aryl methyl sites for hydroxylation is 3. The van der Waals surface area contributed by atoms with Gasteiger partial charge in [0.2, 0.25) is 0 Å². The summed E-state index contributed by atoms with van der Waals surface area (Å²) in [6, 6.07) is 3.85. The maximum atomic E-state index is 11.3. The smallest absolute Gasteiger partial charge is 0.296 e. The van der Waals surface area contributed by atoms with Crippen molar-refractivity contribution in [2.45, 2.75) is 20.8 Å². The first-order valence-corrected chi connectivity index (χ1v) is 4.89. The molecule has 5 heteroatoms. The molecule has 0 radical (unpaired) electrons. The molecule has 0 fully saturated rings. The first kappa shape index (κ1) is 12.2. The molecule has 5 nitrogen and oxygen atoms in total. The van der Waals surface area contributed by atoms with Gasteiger partial charge in [0, 0.05) is 10.6 Å². The Kier molecular flexibility index (Phi) is 3.60. The third-order valence-electron chi connectivity index (χ3n) is 2.21. The van der Waals surface area contributed by atoms with Crippen molar-refractivity contribution in [1.29, 1.82) is 0 Å². The van der Waals surface area contributed by atoms with E-state index in [1.54, 1.807) is 0 Å². The van der Waals surface area contributed by atoms with Gasteiger partial charge in [-0.3, -0.25) is 14.9 Å². The Morgan fingerprint density at radius 3 is 2.25 bits per heavy atom. The molecule has 0 saturated carbocycles. The summed E-state index contributed by atoms with van der Waals surface area (Å²) in [5.41, 5.74) is 3.59. The largest absolute Gasteiger partial charge is 0.320 e. The van der Waals surface area contributed by atoms with E-state index in [1.165, 1.54) is 0 Å². The molecular formula is C11H14N2O3. The molecule has 0 aliphatic heterocycles. The van der Waals surface area contributed by atoms with E-state index < -0.39 is 17.4 Å². The number of hydrogen-bond donors (Lipinski definition) is 1. The van der Waals surface area contributed by atoms with Crippen LogP contribution < -0.4 is 5.32 Å². The number of nitrogens with one attached hydrogen (secondary N) is 1. The van der Waals surface area contributed by atoms with Crippen LogP contribution >= 0.6 is 0 Å². The molecule has 0 bridgehead atoms. The van der Waals surface area contributed by atoms with E-state index in [1.807, 2.05) is 32.9 Å². The van der Waals surface area contributed by atoms with Gasteiger partial charge in [-0.15, -0.1) is 0 Å². The van der Waals surface area contributed by atoms with E-state index in [4.69, 9.17) is 0 Å². The predicted octanol–water partition coefficient (Wildman–Crippen LogP) is 1.83. The molecule has 1 aromatic rings. The molecule has 0 saturated heterocycles. The van der Waals surface area contributed by atoms with Crippen LogP contribution in [0.4, 0.5) is 5.69 Å². The van der Waals surface area contributed by atoms with Gasteiger partial charge in [0.15, 0.2) is 0 Å². The van der Waals surface area contributed by atoms with E-state index in [0.29, 0.717) is 5.69 Å². The third kappa shape index (κ3) is 3.05. The van der Waals surface area contributed by atoms with E-state index in [2.05, 4.69) is 5.32 Å². The average molecular weight is 222 g/mol. The Hall–Kier alpha value is -1.91. The minimum Gasteiger partial charge on any atom is -0.320 e. The molecule has 86 valence electrons. The van der Waals surface area contributed by atoms with Gasteiger partial charge in [-0.2, -0.15) is 0 Å². The lowest BCUT2D eigenvalue weighted by Gasteiger charge is -2.11. The molecule has 0 aliphatic carbocycles. The van der Waals surface area contributed by atoms with Crippen molar-refractivity contribution in [2.75, 3.05) is 11.9 Å². The first-order chi connectivity index (χ1) is 7.40. The minimum absolute atomic E-state index is 0.597. The highest BCUT2D eigenvalue weighted by atomic mass is 16.6. The third-order valence-corrected chi connectivity index (χ3v) is 2.21. The summed E-state index contributed by atoms with van der Waals surface area (Å²) in [5.74, 6) is -0.597. The van der Waals surface area contributed by atoms with E-state index >= 15 is 0 Å². The van der Waals surface area contributed by atoms with Gasteiger partial charge in [0.25, 0.3) is 12.5 Å². The lowest BCUT2D eigenvalue weighted by molar-refractivity contribution is -0.467. The molecule has 16 heavy (non-hydrogen) atoms. The van der Waals surface area contributed by atoms with Gasteiger partial charge in [-0.1, -0.05) is 17.7 Å². The van der Waals surface area contributed by atoms with Crippen molar-refractivity contribution >= 4 is 11.6 Å². The lowest BCUT2D eigenvalue weighted by atomic mass is 10.1. The number of benzene rings is 1. The van der Waals surface area contributed by atoms with Crippen LogP contribution in [0.3, 0.4) is 0 Å². The predicted molar refractivity (Wildman–Crippen MR) is 61.1 cm³/mol. The number of hydrogen-bond acceptors (Lipinski definition) is 3. The molecule has 0 aliphatic rings. The minimum atomic E-state index is -0.702. The zero-order valence-electron chi connectivity index (χ0n) is 9.53. The van der Waals surface area contributed by atoms with Crippen LogP contribution in [0.1, 0.15) is 16.7 Å². The van der Waals surface area contributed by atoms with Crippen molar-refractivity contribution in [2.24, 2.45) is 0 Å². The van der Waals surface area contributed by atoms with Crippen molar-refractivity contribution in [3.8, 4) is 0 Å². The van der Waals surface area contributed by atoms with Crippen LogP contribution in [0.5, 0.6) is 0 Å². The highest BCUT2D eigenvalue weighted by Gasteiger charge is 2.12. The fraction of sp³-hybridized carbons (Fsp3) is 0.364. The van der Waals surface area contributed by atoms with Crippen molar-refractivity contribution in [3.63, 3.8) is 0 Å². The van der Waals surface area contributed by atoms with Crippen molar-refractivity contribution in [3.05, 3.63) is 38.9 Å². The van der Waals surface area contributed by atoms with Crippen molar-refractivity contribution in [1.82, 2.24) is 0 Å². The second-order valence-corrected chi connectivity index (χ2v) is 3.81. The number of amides is 1. The maximum Gasteiger partial charge on any atom is 0.296 e. The fourth-order valence-electron chi connectivity index (χ4n) is 1.67. The SMILES string of the molecule is Cc1cc(C)c(NC(=O)C[N+](=O)[O-])c(C)c1. The van der Waals surface area contributed by atoms with Gasteiger partial charge < -0.3 is 5.32 Å². The first-order valence-electron chi connectivity index (χ1n) is 4.89. The number of nitrogens with zero attached hydrogens (tertiary/aromatic N) is 1. The summed E-state index contributed by atoms with van der Waals surface area (Å²) < 4.78 is 0. The summed E-state index contributed by atoms with van der Waals surface area (Å²) in [6.45, 7) is 4.99. The molecule has 0 atom stereocenters. The van der Waals surface area contributed by atoms with Crippen LogP contribution in [0, 0.1) is 30.9 Å². The summed E-state index contributed by atoms with van der Waals surface area (Å²) in [4.78, 5) is 20.8. The molecule has 0 unspecified atom stereocenters. The number of rotatable bonds is 3. The van der Waals surface area contributed by atoms with E-state index in [0.717, 1.165) is 16.7 Å². The van der Waals surface area contributed by atoms with Gasteiger partial charge in [-0.05, 0) is 31.9 Å². The lowest BCUT2D eigenvalue weighted by Crippen LogP contribution is -2.22. The fourth-order valence-corrected chi connectivity index (χ4v) is 1.67. The zero-order valence-corrected chi connectivity index (χ0v) is 9.53. The zero-order chi connectivity index (χ0) is 12.3. The number of anilines is 1. The van der Waals surface area contributed by atoms with Gasteiger partial charge >= 0.3 is 0 Å². The van der Waals surface area contributed by atoms with Crippen LogP contribution in [0.25, 0.3) is 0 Å². The topological polar surface area (TPSA) is 72.2 Å². The highest BCUT2D eigenvalue weighted by molar-refractivity contribution is 5.93. The molecule has 1 rings (SSSR count). The monoisotopic (exact) mass is 222 g/mol. The Morgan fingerprint density at radius 2 is 1.81 bits per heavy atom. The Labute approximate surface area is 93.6 Å². The van der Waals surface area contributed by atoms with Gasteiger partial charge in [-0.25, -0.2) is 0 Å².